The zero-order valence-corrected chi connectivity index (χ0v) is 17.4. The summed E-state index contributed by atoms with van der Waals surface area (Å²) in [7, 11) is 0. The van der Waals surface area contributed by atoms with E-state index in [9.17, 15) is 9.59 Å². The van der Waals surface area contributed by atoms with Gasteiger partial charge in [0, 0.05) is 23.1 Å². The highest BCUT2D eigenvalue weighted by molar-refractivity contribution is 7.99. The van der Waals surface area contributed by atoms with Gasteiger partial charge in [-0.25, -0.2) is 4.98 Å². The number of carbonyl (C=O) groups excluding carboxylic acids is 1. The van der Waals surface area contributed by atoms with Crippen LogP contribution in [0.3, 0.4) is 0 Å². The molecule has 2 N–H and O–H groups in total. The molecule has 0 aliphatic carbocycles. The lowest BCUT2D eigenvalue weighted by Gasteiger charge is -2.12. The molecule has 0 spiro atoms. The van der Waals surface area contributed by atoms with Crippen LogP contribution in [0.25, 0.3) is 21.9 Å². The first kappa shape index (κ1) is 19.3. The molecule has 0 atom stereocenters. The minimum atomic E-state index is -0.125. The average Bonchev–Trinajstić information content (AvgIpc) is 3.09. The second kappa shape index (κ2) is 7.75. The third-order valence-electron chi connectivity index (χ3n) is 5.10. The quantitative estimate of drug-likeness (QED) is 0.384. The Labute approximate surface area is 172 Å². The largest absolute Gasteiger partial charge is 0.349 e. The highest BCUT2D eigenvalue weighted by atomic mass is 32.2. The Bertz CT molecular complexity index is 1290. The molecule has 29 heavy (non-hydrogen) atoms. The van der Waals surface area contributed by atoms with Crippen molar-refractivity contribution in [3.05, 3.63) is 63.9 Å². The van der Waals surface area contributed by atoms with Gasteiger partial charge in [0.2, 0.25) is 5.91 Å². The zero-order valence-electron chi connectivity index (χ0n) is 16.6. The molecule has 0 saturated heterocycles. The fourth-order valence-electron chi connectivity index (χ4n) is 3.37. The number of amides is 1. The molecule has 0 fully saturated rings. The standard InChI is InChI=1S/C22H22N4O2S/c1-4-26-21(28)20-19(15-9-5-6-10-17(15)24-20)25-22(26)29-12-18(27)23-16-11-7-8-13(2)14(16)3/h5-11,24H,4,12H2,1-3H3,(H,23,27). The minimum Gasteiger partial charge on any atom is -0.349 e. The van der Waals surface area contributed by atoms with Gasteiger partial charge in [0.25, 0.3) is 5.56 Å². The molecule has 0 radical (unpaired) electrons. The summed E-state index contributed by atoms with van der Waals surface area (Å²) < 4.78 is 1.60. The molecule has 0 bridgehead atoms. The van der Waals surface area contributed by atoms with Crippen LogP contribution in [0, 0.1) is 13.8 Å². The van der Waals surface area contributed by atoms with E-state index in [2.05, 4.69) is 10.3 Å². The van der Waals surface area contributed by atoms with E-state index >= 15 is 0 Å². The predicted molar refractivity (Wildman–Crippen MR) is 119 cm³/mol. The van der Waals surface area contributed by atoms with E-state index in [0.29, 0.717) is 22.7 Å². The van der Waals surface area contributed by atoms with Crippen LogP contribution in [0.15, 0.2) is 52.4 Å². The summed E-state index contributed by atoms with van der Waals surface area (Å²) in [5.41, 5.74) is 4.89. The van der Waals surface area contributed by atoms with Crippen LogP contribution in [0.4, 0.5) is 5.69 Å². The summed E-state index contributed by atoms with van der Waals surface area (Å²) in [4.78, 5) is 33.3. The third kappa shape index (κ3) is 3.53. The SMILES string of the molecule is CCn1c(SCC(=O)Nc2cccc(C)c2C)nc2c([nH]c3ccccc32)c1=O. The first-order valence-corrected chi connectivity index (χ1v) is 10.5. The van der Waals surface area contributed by atoms with Gasteiger partial charge in [-0.15, -0.1) is 0 Å². The number of carbonyl (C=O) groups is 1. The first-order valence-electron chi connectivity index (χ1n) is 9.49. The van der Waals surface area contributed by atoms with E-state index in [-0.39, 0.29) is 17.2 Å². The number of hydrogen-bond donors (Lipinski definition) is 2. The van der Waals surface area contributed by atoms with Crippen molar-refractivity contribution in [3.63, 3.8) is 0 Å². The van der Waals surface area contributed by atoms with Gasteiger partial charge in [-0.2, -0.15) is 0 Å². The van der Waals surface area contributed by atoms with Gasteiger partial charge < -0.3 is 10.3 Å². The molecular weight excluding hydrogens is 384 g/mol. The van der Waals surface area contributed by atoms with Crippen LogP contribution in [0.5, 0.6) is 0 Å². The van der Waals surface area contributed by atoms with Gasteiger partial charge in [-0.05, 0) is 44.0 Å². The summed E-state index contributed by atoms with van der Waals surface area (Å²) in [6.07, 6.45) is 0. The second-order valence-electron chi connectivity index (χ2n) is 6.92. The lowest BCUT2D eigenvalue weighted by atomic mass is 10.1. The van der Waals surface area contributed by atoms with Crippen molar-refractivity contribution in [1.82, 2.24) is 14.5 Å². The molecule has 0 aliphatic heterocycles. The Morgan fingerprint density at radius 3 is 2.76 bits per heavy atom. The van der Waals surface area contributed by atoms with Crippen molar-refractivity contribution in [2.45, 2.75) is 32.5 Å². The molecule has 4 aromatic rings. The number of para-hydroxylation sites is 1. The highest BCUT2D eigenvalue weighted by Gasteiger charge is 2.16. The molecular formula is C22H22N4O2S. The molecule has 1 amide bonds. The predicted octanol–water partition coefficient (Wildman–Crippen LogP) is 4.25. The van der Waals surface area contributed by atoms with Crippen LogP contribution in [0.1, 0.15) is 18.1 Å². The number of hydrogen-bond acceptors (Lipinski definition) is 4. The number of benzene rings is 2. The fourth-order valence-corrected chi connectivity index (χ4v) is 4.22. The molecule has 2 aromatic carbocycles. The Morgan fingerprint density at radius 1 is 1.17 bits per heavy atom. The molecule has 0 saturated carbocycles. The molecule has 148 valence electrons. The number of H-pyrrole nitrogens is 1. The van der Waals surface area contributed by atoms with Crippen molar-refractivity contribution in [3.8, 4) is 0 Å². The summed E-state index contributed by atoms with van der Waals surface area (Å²) in [6, 6.07) is 13.5. The van der Waals surface area contributed by atoms with Gasteiger partial charge in [0.05, 0.1) is 5.75 Å². The molecule has 2 aromatic heterocycles. The van der Waals surface area contributed by atoms with Crippen LogP contribution < -0.4 is 10.9 Å². The molecule has 6 nitrogen and oxygen atoms in total. The van der Waals surface area contributed by atoms with Gasteiger partial charge in [-0.1, -0.05) is 42.1 Å². The number of rotatable bonds is 5. The lowest BCUT2D eigenvalue weighted by Crippen LogP contribution is -2.23. The number of fused-ring (bicyclic) bond motifs is 3. The van der Waals surface area contributed by atoms with E-state index in [1.807, 2.05) is 63.2 Å². The normalized spacial score (nSPS) is 11.3. The van der Waals surface area contributed by atoms with Crippen molar-refractivity contribution < 1.29 is 4.79 Å². The Kier molecular flexibility index (Phi) is 5.15. The highest BCUT2D eigenvalue weighted by Crippen LogP contribution is 2.25. The van der Waals surface area contributed by atoms with E-state index < -0.39 is 0 Å². The molecule has 4 rings (SSSR count). The molecule has 7 heteroatoms. The van der Waals surface area contributed by atoms with Crippen LogP contribution in [-0.4, -0.2) is 26.2 Å². The smallest absolute Gasteiger partial charge is 0.278 e. The maximum absolute atomic E-state index is 12.9. The number of aromatic amines is 1. The van der Waals surface area contributed by atoms with E-state index in [4.69, 9.17) is 4.98 Å². The van der Waals surface area contributed by atoms with Gasteiger partial charge in [0.1, 0.15) is 11.0 Å². The third-order valence-corrected chi connectivity index (χ3v) is 6.08. The minimum absolute atomic E-state index is 0.119. The van der Waals surface area contributed by atoms with Crippen molar-refractivity contribution in [1.29, 1.82) is 0 Å². The van der Waals surface area contributed by atoms with Crippen LogP contribution >= 0.6 is 11.8 Å². The van der Waals surface area contributed by atoms with Crippen molar-refractivity contribution >= 4 is 45.3 Å². The maximum atomic E-state index is 12.9. The topological polar surface area (TPSA) is 79.8 Å². The summed E-state index contributed by atoms with van der Waals surface area (Å²) in [6.45, 7) is 6.38. The average molecular weight is 407 g/mol. The number of nitrogens with one attached hydrogen (secondary N) is 2. The summed E-state index contributed by atoms with van der Waals surface area (Å²) in [5.74, 6) is 0.0489. The fraction of sp³-hybridized carbons (Fsp3) is 0.227. The maximum Gasteiger partial charge on any atom is 0.278 e. The summed E-state index contributed by atoms with van der Waals surface area (Å²) in [5, 5.41) is 4.41. The van der Waals surface area contributed by atoms with E-state index in [0.717, 1.165) is 27.7 Å². The van der Waals surface area contributed by atoms with Crippen LogP contribution in [-0.2, 0) is 11.3 Å². The van der Waals surface area contributed by atoms with Gasteiger partial charge in [-0.3, -0.25) is 14.2 Å². The number of anilines is 1. The molecule has 0 aliphatic rings. The van der Waals surface area contributed by atoms with Crippen molar-refractivity contribution in [2.75, 3.05) is 11.1 Å². The van der Waals surface area contributed by atoms with E-state index in [1.54, 1.807) is 4.57 Å². The number of nitrogens with zero attached hydrogens (tertiary/aromatic N) is 2. The zero-order chi connectivity index (χ0) is 20.5. The first-order chi connectivity index (χ1) is 14.0. The number of aryl methyl sites for hydroxylation is 1. The Balaban J connectivity index is 1.63. The number of thioether (sulfide) groups is 1. The van der Waals surface area contributed by atoms with Crippen molar-refractivity contribution in [2.24, 2.45) is 0 Å². The monoisotopic (exact) mass is 406 g/mol. The molecule has 2 heterocycles. The second-order valence-corrected chi connectivity index (χ2v) is 7.86. The Morgan fingerprint density at radius 2 is 1.97 bits per heavy atom. The summed E-state index contributed by atoms with van der Waals surface area (Å²) >= 11 is 1.28. The molecule has 0 unspecified atom stereocenters. The van der Waals surface area contributed by atoms with Crippen LogP contribution in [0.2, 0.25) is 0 Å². The Hall–Kier alpha value is -3.06. The van der Waals surface area contributed by atoms with E-state index in [1.165, 1.54) is 11.8 Å². The lowest BCUT2D eigenvalue weighted by molar-refractivity contribution is -0.113. The van der Waals surface area contributed by atoms with Gasteiger partial charge in [0.15, 0.2) is 5.16 Å². The van der Waals surface area contributed by atoms with Gasteiger partial charge >= 0.3 is 0 Å². The number of aromatic nitrogens is 3.